The molecular formula is C12H22N2. The molecule has 0 aliphatic carbocycles. The van der Waals surface area contributed by atoms with Crippen LogP contribution in [0.1, 0.15) is 40.5 Å². The fraction of sp³-hybridized carbons (Fsp3) is 0.833. The molecule has 0 aromatic heterocycles. The van der Waals surface area contributed by atoms with Crippen molar-refractivity contribution in [1.82, 2.24) is 10.6 Å². The second kappa shape index (κ2) is 3.92. The molecule has 0 radical (unpaired) electrons. The first-order valence-corrected chi connectivity index (χ1v) is 5.31. The molecule has 0 bridgehead atoms. The van der Waals surface area contributed by atoms with Crippen LogP contribution in [0, 0.1) is 12.3 Å². The summed E-state index contributed by atoms with van der Waals surface area (Å²) in [5.74, 6) is 2.64. The Bertz CT molecular complexity index is 219. The molecule has 0 atom stereocenters. The molecule has 1 aliphatic rings. The van der Waals surface area contributed by atoms with Gasteiger partial charge >= 0.3 is 0 Å². The van der Waals surface area contributed by atoms with Crippen LogP contribution in [0.3, 0.4) is 0 Å². The van der Waals surface area contributed by atoms with Crippen LogP contribution in [0.5, 0.6) is 0 Å². The lowest BCUT2D eigenvalue weighted by molar-refractivity contribution is 0.148. The van der Waals surface area contributed by atoms with Crippen LogP contribution in [0.25, 0.3) is 0 Å². The van der Waals surface area contributed by atoms with E-state index in [0.29, 0.717) is 12.6 Å². The topological polar surface area (TPSA) is 24.1 Å². The fourth-order valence-electron chi connectivity index (χ4n) is 2.67. The van der Waals surface area contributed by atoms with Gasteiger partial charge in [-0.3, -0.25) is 0 Å². The number of terminal acetylenes is 1. The highest BCUT2D eigenvalue weighted by Crippen LogP contribution is 2.28. The molecule has 80 valence electrons. The van der Waals surface area contributed by atoms with Crippen molar-refractivity contribution >= 4 is 0 Å². The van der Waals surface area contributed by atoms with Crippen LogP contribution in [-0.2, 0) is 0 Å². The Labute approximate surface area is 87.8 Å². The summed E-state index contributed by atoms with van der Waals surface area (Å²) >= 11 is 0. The van der Waals surface area contributed by atoms with Gasteiger partial charge in [0.05, 0.1) is 6.54 Å². The number of piperidine rings is 1. The van der Waals surface area contributed by atoms with Crippen molar-refractivity contribution in [3.05, 3.63) is 0 Å². The molecule has 1 rings (SSSR count). The van der Waals surface area contributed by atoms with Gasteiger partial charge in [-0.05, 0) is 40.5 Å². The molecule has 0 saturated carbocycles. The minimum Gasteiger partial charge on any atom is -0.307 e. The van der Waals surface area contributed by atoms with E-state index in [0.717, 1.165) is 12.8 Å². The maximum Gasteiger partial charge on any atom is 0.0575 e. The zero-order valence-electron chi connectivity index (χ0n) is 9.78. The molecule has 0 aromatic rings. The SMILES string of the molecule is C#CCNC1CC(C)(C)NC(C)(C)C1. The van der Waals surface area contributed by atoms with Gasteiger partial charge in [-0.1, -0.05) is 5.92 Å². The van der Waals surface area contributed by atoms with Gasteiger partial charge in [-0.25, -0.2) is 0 Å². The van der Waals surface area contributed by atoms with Crippen molar-refractivity contribution in [3.63, 3.8) is 0 Å². The molecule has 0 spiro atoms. The molecule has 1 fully saturated rings. The summed E-state index contributed by atoms with van der Waals surface area (Å²) in [6.45, 7) is 9.67. The van der Waals surface area contributed by atoms with Gasteiger partial charge in [0.2, 0.25) is 0 Å². The van der Waals surface area contributed by atoms with Gasteiger partial charge in [0, 0.05) is 17.1 Å². The molecule has 1 saturated heterocycles. The molecule has 1 heterocycles. The number of nitrogens with one attached hydrogen (secondary N) is 2. The predicted octanol–water partition coefficient (Wildman–Crippen LogP) is 1.52. The van der Waals surface area contributed by atoms with Crippen molar-refractivity contribution in [2.24, 2.45) is 0 Å². The maximum atomic E-state index is 5.25. The molecule has 14 heavy (non-hydrogen) atoms. The summed E-state index contributed by atoms with van der Waals surface area (Å²) in [6, 6.07) is 0.539. The summed E-state index contributed by atoms with van der Waals surface area (Å²) in [6.07, 6.45) is 7.53. The largest absolute Gasteiger partial charge is 0.307 e. The number of rotatable bonds is 2. The maximum absolute atomic E-state index is 5.25. The summed E-state index contributed by atoms with van der Waals surface area (Å²) in [7, 11) is 0. The van der Waals surface area contributed by atoms with E-state index < -0.39 is 0 Å². The van der Waals surface area contributed by atoms with Crippen molar-refractivity contribution in [2.75, 3.05) is 6.54 Å². The average molecular weight is 194 g/mol. The number of hydrogen-bond acceptors (Lipinski definition) is 2. The minimum absolute atomic E-state index is 0.202. The zero-order valence-corrected chi connectivity index (χ0v) is 9.78. The lowest BCUT2D eigenvalue weighted by Gasteiger charge is -2.46. The van der Waals surface area contributed by atoms with Crippen LogP contribution in [0.2, 0.25) is 0 Å². The van der Waals surface area contributed by atoms with E-state index >= 15 is 0 Å². The molecule has 1 aliphatic heterocycles. The monoisotopic (exact) mass is 194 g/mol. The molecule has 0 aromatic carbocycles. The first kappa shape index (κ1) is 11.6. The molecule has 2 nitrogen and oxygen atoms in total. The van der Waals surface area contributed by atoms with E-state index in [4.69, 9.17) is 6.42 Å². The summed E-state index contributed by atoms with van der Waals surface area (Å²) in [4.78, 5) is 0. The second-order valence-electron chi connectivity index (χ2n) is 5.58. The predicted molar refractivity (Wildman–Crippen MR) is 61.2 cm³/mol. The van der Waals surface area contributed by atoms with Crippen LogP contribution in [0.15, 0.2) is 0 Å². The smallest absolute Gasteiger partial charge is 0.0575 e. The Balaban J connectivity index is 2.58. The number of hydrogen-bond donors (Lipinski definition) is 2. The Morgan fingerprint density at radius 1 is 1.29 bits per heavy atom. The highest BCUT2D eigenvalue weighted by atomic mass is 15.1. The Hall–Kier alpha value is -0.520. The minimum atomic E-state index is 0.202. The lowest BCUT2D eigenvalue weighted by Crippen LogP contribution is -2.61. The first-order chi connectivity index (χ1) is 6.35. The van der Waals surface area contributed by atoms with Crippen molar-refractivity contribution in [3.8, 4) is 12.3 Å². The third-order valence-corrected chi connectivity index (χ3v) is 2.68. The van der Waals surface area contributed by atoms with Gasteiger partial charge in [0.15, 0.2) is 0 Å². The van der Waals surface area contributed by atoms with Crippen molar-refractivity contribution < 1.29 is 0 Å². The Morgan fingerprint density at radius 3 is 2.21 bits per heavy atom. The van der Waals surface area contributed by atoms with E-state index in [2.05, 4.69) is 44.2 Å². The second-order valence-corrected chi connectivity index (χ2v) is 5.58. The summed E-state index contributed by atoms with van der Waals surface area (Å²) < 4.78 is 0. The van der Waals surface area contributed by atoms with Crippen molar-refractivity contribution in [1.29, 1.82) is 0 Å². The highest BCUT2D eigenvalue weighted by molar-refractivity contribution is 5.00. The summed E-state index contributed by atoms with van der Waals surface area (Å²) in [5, 5.41) is 7.05. The fourth-order valence-corrected chi connectivity index (χ4v) is 2.67. The molecule has 0 amide bonds. The molecule has 2 N–H and O–H groups in total. The Morgan fingerprint density at radius 2 is 1.79 bits per heavy atom. The average Bonchev–Trinajstić information content (AvgIpc) is 1.94. The molecular weight excluding hydrogens is 172 g/mol. The zero-order chi connectivity index (χ0) is 10.8. The van der Waals surface area contributed by atoms with E-state index in [1.54, 1.807) is 0 Å². The molecule has 2 heteroatoms. The summed E-state index contributed by atoms with van der Waals surface area (Å²) in [5.41, 5.74) is 0.405. The highest BCUT2D eigenvalue weighted by Gasteiger charge is 2.37. The molecule has 0 unspecified atom stereocenters. The van der Waals surface area contributed by atoms with Crippen molar-refractivity contribution in [2.45, 2.75) is 57.7 Å². The van der Waals surface area contributed by atoms with Crippen LogP contribution in [0.4, 0.5) is 0 Å². The van der Waals surface area contributed by atoms with Gasteiger partial charge in [-0.2, -0.15) is 0 Å². The normalized spacial score (nSPS) is 25.6. The first-order valence-electron chi connectivity index (χ1n) is 5.31. The van der Waals surface area contributed by atoms with Gasteiger partial charge in [0.1, 0.15) is 0 Å². The quantitative estimate of drug-likeness (QED) is 0.651. The van der Waals surface area contributed by atoms with Crippen LogP contribution >= 0.6 is 0 Å². The van der Waals surface area contributed by atoms with Crippen LogP contribution < -0.4 is 10.6 Å². The van der Waals surface area contributed by atoms with Crippen LogP contribution in [-0.4, -0.2) is 23.7 Å². The van der Waals surface area contributed by atoms with Gasteiger partial charge < -0.3 is 10.6 Å². The van der Waals surface area contributed by atoms with E-state index in [-0.39, 0.29) is 11.1 Å². The van der Waals surface area contributed by atoms with Gasteiger partial charge in [-0.15, -0.1) is 6.42 Å². The van der Waals surface area contributed by atoms with E-state index in [9.17, 15) is 0 Å². The lowest BCUT2D eigenvalue weighted by atomic mass is 9.79. The van der Waals surface area contributed by atoms with Gasteiger partial charge in [0.25, 0.3) is 0 Å². The third kappa shape index (κ3) is 3.32. The third-order valence-electron chi connectivity index (χ3n) is 2.68. The van der Waals surface area contributed by atoms with E-state index in [1.165, 1.54) is 0 Å². The standard InChI is InChI=1S/C12H22N2/c1-6-7-13-10-8-11(2,3)14-12(4,5)9-10/h1,10,13-14H,7-9H2,2-5H3. The van der Waals surface area contributed by atoms with E-state index in [1.807, 2.05) is 0 Å². The Kier molecular flexibility index (Phi) is 3.24.